The molecule has 0 bridgehead atoms. The summed E-state index contributed by atoms with van der Waals surface area (Å²) in [5, 5.41) is 19.8. The number of carbonyl (C=O) groups is 1. The third kappa shape index (κ3) is 18.4. The van der Waals surface area contributed by atoms with Crippen LogP contribution in [0.3, 0.4) is 0 Å². The second-order valence-corrected chi connectivity index (χ2v) is 5.54. The molecule has 0 fully saturated rings. The molecular formula is C16H31NaO3. The molecule has 114 valence electrons. The third-order valence-corrected chi connectivity index (χ3v) is 3.57. The summed E-state index contributed by atoms with van der Waals surface area (Å²) in [7, 11) is 0. The van der Waals surface area contributed by atoms with E-state index >= 15 is 0 Å². The number of rotatable bonds is 14. The number of carboxylic acid groups (broad SMARTS) is 1. The Morgan fingerprint density at radius 3 is 1.80 bits per heavy atom. The minimum atomic E-state index is -1.07. The van der Waals surface area contributed by atoms with Gasteiger partial charge in [0.1, 0.15) is 0 Å². The monoisotopic (exact) mass is 294 g/mol. The normalized spacial score (nSPS) is 11.9. The van der Waals surface area contributed by atoms with Gasteiger partial charge in [0.15, 0.2) is 0 Å². The van der Waals surface area contributed by atoms with Crippen LogP contribution in [-0.2, 0) is 4.79 Å². The molecule has 0 saturated carbocycles. The van der Waals surface area contributed by atoms with Crippen molar-refractivity contribution in [1.29, 1.82) is 0 Å². The van der Waals surface area contributed by atoms with Crippen LogP contribution in [-0.4, -0.2) is 17.2 Å². The number of aliphatic hydroxyl groups excluding tert-OH is 1. The summed E-state index contributed by atoms with van der Waals surface area (Å²) in [6, 6.07) is 0. The van der Waals surface area contributed by atoms with Crippen LogP contribution in [0.15, 0.2) is 0 Å². The molecule has 0 saturated heterocycles. The van der Waals surface area contributed by atoms with E-state index in [0.29, 0.717) is 6.42 Å². The van der Waals surface area contributed by atoms with Crippen molar-refractivity contribution in [2.45, 2.75) is 96.5 Å². The van der Waals surface area contributed by atoms with Crippen molar-refractivity contribution < 1.29 is 44.6 Å². The van der Waals surface area contributed by atoms with Crippen LogP contribution in [0.4, 0.5) is 0 Å². The largest absolute Gasteiger partial charge is 1.00 e. The Bertz CT molecular complexity index is 210. The van der Waals surface area contributed by atoms with Crippen molar-refractivity contribution in [3.8, 4) is 0 Å². The van der Waals surface area contributed by atoms with Crippen molar-refractivity contribution in [3.05, 3.63) is 0 Å². The molecule has 1 atom stereocenters. The molecule has 0 radical (unpaired) electrons. The Labute approximate surface area is 146 Å². The number of aliphatic hydroxyl groups is 1. The summed E-state index contributed by atoms with van der Waals surface area (Å²) in [6.45, 7) is 2.24. The first kappa shape index (κ1) is 22.7. The predicted octanol–water partition coefficient (Wildman–Crippen LogP) is 0.192. The van der Waals surface area contributed by atoms with Gasteiger partial charge < -0.3 is 15.0 Å². The fourth-order valence-corrected chi connectivity index (χ4v) is 2.30. The number of unbranched alkanes of at least 4 members (excludes halogenated alkanes) is 9. The molecule has 0 aliphatic heterocycles. The van der Waals surface area contributed by atoms with Crippen molar-refractivity contribution >= 4 is 5.97 Å². The van der Waals surface area contributed by atoms with Gasteiger partial charge in [0.25, 0.3) is 0 Å². The predicted molar refractivity (Wildman–Crippen MR) is 76.7 cm³/mol. The molecule has 0 aromatic rings. The van der Waals surface area contributed by atoms with E-state index in [2.05, 4.69) is 6.92 Å². The summed E-state index contributed by atoms with van der Waals surface area (Å²) >= 11 is 0. The van der Waals surface area contributed by atoms with E-state index in [1.54, 1.807) is 0 Å². The van der Waals surface area contributed by atoms with Crippen LogP contribution < -0.4 is 34.7 Å². The van der Waals surface area contributed by atoms with E-state index in [1.807, 2.05) is 0 Å². The minimum absolute atomic E-state index is 0. The Morgan fingerprint density at radius 2 is 1.35 bits per heavy atom. The van der Waals surface area contributed by atoms with Crippen LogP contribution in [0.1, 0.15) is 90.4 Å². The van der Waals surface area contributed by atoms with Crippen LogP contribution in [0, 0.1) is 0 Å². The maximum absolute atomic E-state index is 10.2. The van der Waals surface area contributed by atoms with Gasteiger partial charge in [-0.25, -0.2) is 0 Å². The zero-order chi connectivity index (χ0) is 14.3. The molecule has 0 aromatic heterocycles. The maximum Gasteiger partial charge on any atom is 1.00 e. The third-order valence-electron chi connectivity index (χ3n) is 3.57. The Kier molecular flexibility index (Phi) is 19.8. The van der Waals surface area contributed by atoms with Gasteiger partial charge in [0, 0.05) is 5.97 Å². The van der Waals surface area contributed by atoms with Crippen molar-refractivity contribution in [2.75, 3.05) is 0 Å². The first-order valence-electron chi connectivity index (χ1n) is 8.04. The average Bonchev–Trinajstić information content (AvgIpc) is 2.38. The van der Waals surface area contributed by atoms with E-state index in [0.717, 1.165) is 19.3 Å². The molecule has 0 aliphatic carbocycles. The van der Waals surface area contributed by atoms with Gasteiger partial charge in [-0.3, -0.25) is 0 Å². The second-order valence-electron chi connectivity index (χ2n) is 5.54. The van der Waals surface area contributed by atoms with Gasteiger partial charge in [-0.1, -0.05) is 71.1 Å². The van der Waals surface area contributed by atoms with E-state index in [1.165, 1.54) is 51.4 Å². The van der Waals surface area contributed by atoms with Crippen molar-refractivity contribution in [2.24, 2.45) is 0 Å². The van der Waals surface area contributed by atoms with Gasteiger partial charge >= 0.3 is 29.6 Å². The molecule has 20 heavy (non-hydrogen) atoms. The van der Waals surface area contributed by atoms with Crippen LogP contribution >= 0.6 is 0 Å². The quantitative estimate of drug-likeness (QED) is 0.367. The smallest absolute Gasteiger partial charge is 0.550 e. The number of carbonyl (C=O) groups excluding carboxylic acids is 1. The molecule has 0 rings (SSSR count). The van der Waals surface area contributed by atoms with Gasteiger partial charge in [0.05, 0.1) is 6.10 Å². The summed E-state index contributed by atoms with van der Waals surface area (Å²) in [5.41, 5.74) is 0. The van der Waals surface area contributed by atoms with Crippen LogP contribution in [0.2, 0.25) is 0 Å². The van der Waals surface area contributed by atoms with E-state index in [-0.39, 0.29) is 36.0 Å². The molecular weight excluding hydrogens is 263 g/mol. The minimum Gasteiger partial charge on any atom is -0.550 e. The first-order valence-corrected chi connectivity index (χ1v) is 8.04. The van der Waals surface area contributed by atoms with E-state index < -0.39 is 12.1 Å². The zero-order valence-electron chi connectivity index (χ0n) is 13.5. The average molecular weight is 294 g/mol. The molecule has 4 heteroatoms. The number of carboxylic acids is 1. The number of aliphatic carboxylic acids is 1. The molecule has 1 N–H and O–H groups in total. The Balaban J connectivity index is 0. The van der Waals surface area contributed by atoms with Gasteiger partial charge in [-0.05, 0) is 19.3 Å². The molecule has 0 aromatic carbocycles. The van der Waals surface area contributed by atoms with Gasteiger partial charge in [-0.15, -0.1) is 0 Å². The van der Waals surface area contributed by atoms with Crippen molar-refractivity contribution in [1.82, 2.24) is 0 Å². The fourth-order valence-electron chi connectivity index (χ4n) is 2.30. The van der Waals surface area contributed by atoms with Crippen LogP contribution in [0.25, 0.3) is 0 Å². The molecule has 3 nitrogen and oxygen atoms in total. The molecule has 0 amide bonds. The van der Waals surface area contributed by atoms with Crippen molar-refractivity contribution in [3.63, 3.8) is 0 Å². The molecule has 0 aliphatic rings. The SMILES string of the molecule is CCCCCCCCCCCCC(O)CCC(=O)[O-].[Na+]. The first-order chi connectivity index (χ1) is 9.16. The summed E-state index contributed by atoms with van der Waals surface area (Å²) in [5.74, 6) is -1.07. The number of hydrogen-bond donors (Lipinski definition) is 1. The van der Waals surface area contributed by atoms with E-state index in [4.69, 9.17) is 0 Å². The standard InChI is InChI=1S/C16H32O3.Na/c1-2-3-4-5-6-7-8-9-10-11-12-15(17)13-14-16(18)19;/h15,17H,2-14H2,1H3,(H,18,19);/q;+1/p-1. The summed E-state index contributed by atoms with van der Waals surface area (Å²) in [6.07, 6.45) is 13.4. The Hall–Kier alpha value is 0.430. The molecule has 0 heterocycles. The summed E-state index contributed by atoms with van der Waals surface area (Å²) < 4.78 is 0. The van der Waals surface area contributed by atoms with Crippen LogP contribution in [0.5, 0.6) is 0 Å². The van der Waals surface area contributed by atoms with Gasteiger partial charge in [0.2, 0.25) is 0 Å². The maximum atomic E-state index is 10.2. The Morgan fingerprint density at radius 1 is 0.900 bits per heavy atom. The zero-order valence-corrected chi connectivity index (χ0v) is 15.5. The number of hydrogen-bond acceptors (Lipinski definition) is 3. The summed E-state index contributed by atoms with van der Waals surface area (Å²) in [4.78, 5) is 10.2. The second kappa shape index (κ2) is 17.5. The van der Waals surface area contributed by atoms with E-state index in [9.17, 15) is 15.0 Å². The van der Waals surface area contributed by atoms with Gasteiger partial charge in [-0.2, -0.15) is 0 Å². The molecule has 1 unspecified atom stereocenters. The molecule has 0 spiro atoms. The topological polar surface area (TPSA) is 60.4 Å². The fraction of sp³-hybridized carbons (Fsp3) is 0.938.